The largest absolute Gasteiger partial charge is 0.484 e. The Morgan fingerprint density at radius 3 is 2.42 bits per heavy atom. The number of ether oxygens (including phenoxy) is 2. The second-order valence-electron chi connectivity index (χ2n) is 8.72. The monoisotopic (exact) mass is 507 g/mol. The lowest BCUT2D eigenvalue weighted by Gasteiger charge is -2.37. The van der Waals surface area contributed by atoms with Gasteiger partial charge >= 0.3 is 5.97 Å². The number of methoxy groups -OCH3 is 1. The molecule has 1 heterocycles. The fourth-order valence-corrected chi connectivity index (χ4v) is 4.30. The molecule has 0 spiro atoms. The highest BCUT2D eigenvalue weighted by Gasteiger charge is 2.21. The minimum atomic E-state index is -0.461. The number of nitrogens with one attached hydrogen (secondary N) is 1. The number of rotatable bonds is 8. The summed E-state index contributed by atoms with van der Waals surface area (Å²) in [5.74, 6) is -0.226. The maximum Gasteiger partial charge on any atom is 0.337 e. The molecule has 188 valence electrons. The van der Waals surface area contributed by atoms with E-state index in [4.69, 9.17) is 21.1 Å². The Kier molecular flexibility index (Phi) is 8.46. The molecule has 8 heteroatoms. The summed E-state index contributed by atoms with van der Waals surface area (Å²) < 4.78 is 10.5. The molecule has 0 unspecified atom stereocenters. The lowest BCUT2D eigenvalue weighted by Crippen LogP contribution is -2.46. The van der Waals surface area contributed by atoms with Gasteiger partial charge in [-0.05, 0) is 54.4 Å². The van der Waals surface area contributed by atoms with Gasteiger partial charge in [0.15, 0.2) is 6.61 Å². The number of nitrogens with zero attached hydrogens (tertiary/aromatic N) is 2. The predicted molar refractivity (Wildman–Crippen MR) is 142 cm³/mol. The molecular formula is C28H30ClN3O4. The van der Waals surface area contributed by atoms with Gasteiger partial charge in [-0.15, -0.1) is 0 Å². The Morgan fingerprint density at radius 2 is 1.72 bits per heavy atom. The van der Waals surface area contributed by atoms with Gasteiger partial charge in [0.25, 0.3) is 5.91 Å². The van der Waals surface area contributed by atoms with E-state index < -0.39 is 5.97 Å². The fraction of sp³-hybridized carbons (Fsp3) is 0.286. The Labute approximate surface area is 216 Å². The number of benzene rings is 3. The minimum absolute atomic E-state index is 0.173. The Bertz CT molecular complexity index is 1210. The van der Waals surface area contributed by atoms with E-state index in [1.54, 1.807) is 30.3 Å². The molecule has 0 radical (unpaired) electrons. The Hall–Kier alpha value is -3.55. The molecule has 4 rings (SSSR count). The fourth-order valence-electron chi connectivity index (χ4n) is 4.19. The number of hydrogen-bond donors (Lipinski definition) is 1. The highest BCUT2D eigenvalue weighted by molar-refractivity contribution is 6.31. The second kappa shape index (κ2) is 11.9. The zero-order valence-electron chi connectivity index (χ0n) is 20.5. The van der Waals surface area contributed by atoms with Gasteiger partial charge in [0.05, 0.1) is 24.0 Å². The summed E-state index contributed by atoms with van der Waals surface area (Å²) in [6, 6.07) is 20.9. The standard InChI is InChI=1S/C28H30ClN3O4/c1-20-16-23(9-10-24(20)29)36-19-27(33)30-25-17-22(28(34)35-2)8-11-26(25)32-14-12-31(13-15-32)18-21-6-4-3-5-7-21/h3-11,16-17H,12-15,18-19H2,1-2H3,(H,30,33). The van der Waals surface area contributed by atoms with Crippen LogP contribution in [0.1, 0.15) is 21.5 Å². The van der Waals surface area contributed by atoms with Crippen molar-refractivity contribution in [3.8, 4) is 5.75 Å². The molecule has 7 nitrogen and oxygen atoms in total. The van der Waals surface area contributed by atoms with Crippen molar-refractivity contribution in [3.05, 3.63) is 88.4 Å². The summed E-state index contributed by atoms with van der Waals surface area (Å²) in [5, 5.41) is 3.56. The zero-order valence-corrected chi connectivity index (χ0v) is 21.3. The van der Waals surface area contributed by atoms with Crippen LogP contribution in [0.25, 0.3) is 0 Å². The van der Waals surface area contributed by atoms with Crippen molar-refractivity contribution in [2.45, 2.75) is 13.5 Å². The van der Waals surface area contributed by atoms with Crippen molar-refractivity contribution in [2.75, 3.05) is 50.1 Å². The van der Waals surface area contributed by atoms with Crippen LogP contribution >= 0.6 is 11.6 Å². The molecule has 1 aliphatic heterocycles. The van der Waals surface area contributed by atoms with Gasteiger partial charge in [-0.1, -0.05) is 41.9 Å². The molecule has 0 saturated carbocycles. The molecule has 1 N–H and O–H groups in total. The number of aryl methyl sites for hydroxylation is 1. The summed E-state index contributed by atoms with van der Waals surface area (Å²) in [4.78, 5) is 29.5. The third kappa shape index (κ3) is 6.56. The zero-order chi connectivity index (χ0) is 25.5. The third-order valence-electron chi connectivity index (χ3n) is 6.15. The summed E-state index contributed by atoms with van der Waals surface area (Å²) in [6.45, 7) is 5.98. The van der Waals surface area contributed by atoms with E-state index >= 15 is 0 Å². The van der Waals surface area contributed by atoms with Gasteiger partial charge in [0.2, 0.25) is 0 Å². The van der Waals surface area contributed by atoms with Crippen LogP contribution in [0.3, 0.4) is 0 Å². The van der Waals surface area contributed by atoms with E-state index in [2.05, 4.69) is 39.4 Å². The van der Waals surface area contributed by atoms with Crippen LogP contribution in [0, 0.1) is 6.92 Å². The number of anilines is 2. The number of piperazine rings is 1. The molecule has 1 saturated heterocycles. The summed E-state index contributed by atoms with van der Waals surface area (Å²) in [5.41, 5.74) is 3.94. The lowest BCUT2D eigenvalue weighted by atomic mass is 10.1. The quantitative estimate of drug-likeness (QED) is 0.443. The number of halogens is 1. The van der Waals surface area contributed by atoms with E-state index in [0.29, 0.717) is 22.0 Å². The van der Waals surface area contributed by atoms with Gasteiger partial charge in [-0.2, -0.15) is 0 Å². The van der Waals surface area contributed by atoms with Crippen molar-refractivity contribution in [1.29, 1.82) is 0 Å². The first-order valence-electron chi connectivity index (χ1n) is 11.9. The van der Waals surface area contributed by atoms with Crippen LogP contribution in [0.15, 0.2) is 66.7 Å². The van der Waals surface area contributed by atoms with E-state index in [9.17, 15) is 9.59 Å². The smallest absolute Gasteiger partial charge is 0.337 e. The third-order valence-corrected chi connectivity index (χ3v) is 6.58. The molecule has 0 atom stereocenters. The molecular weight excluding hydrogens is 478 g/mol. The van der Waals surface area contributed by atoms with Crippen LogP contribution in [0.2, 0.25) is 5.02 Å². The molecule has 0 bridgehead atoms. The first kappa shape index (κ1) is 25.5. The molecule has 1 aliphatic rings. The van der Waals surface area contributed by atoms with E-state index in [-0.39, 0.29) is 12.5 Å². The molecule has 1 fully saturated rings. The first-order valence-corrected chi connectivity index (χ1v) is 12.2. The summed E-state index contributed by atoms with van der Waals surface area (Å²) in [6.07, 6.45) is 0. The summed E-state index contributed by atoms with van der Waals surface area (Å²) in [7, 11) is 1.34. The minimum Gasteiger partial charge on any atom is -0.484 e. The Morgan fingerprint density at radius 1 is 0.972 bits per heavy atom. The number of carbonyl (C=O) groups is 2. The van der Waals surface area contributed by atoms with Gasteiger partial charge < -0.3 is 19.7 Å². The molecule has 0 aromatic heterocycles. The average molecular weight is 508 g/mol. The Balaban J connectivity index is 1.43. The molecule has 1 amide bonds. The van der Waals surface area contributed by atoms with E-state index in [1.165, 1.54) is 12.7 Å². The highest BCUT2D eigenvalue weighted by Crippen LogP contribution is 2.29. The van der Waals surface area contributed by atoms with Crippen molar-refractivity contribution in [1.82, 2.24) is 4.90 Å². The number of amides is 1. The van der Waals surface area contributed by atoms with Crippen molar-refractivity contribution in [2.24, 2.45) is 0 Å². The molecule has 3 aromatic carbocycles. The number of hydrogen-bond acceptors (Lipinski definition) is 6. The van der Waals surface area contributed by atoms with Gasteiger partial charge in [-0.25, -0.2) is 4.79 Å². The van der Waals surface area contributed by atoms with Crippen LogP contribution in [0.5, 0.6) is 5.75 Å². The van der Waals surface area contributed by atoms with Crippen LogP contribution < -0.4 is 15.0 Å². The van der Waals surface area contributed by atoms with Crippen LogP contribution in [-0.4, -0.2) is 56.7 Å². The SMILES string of the molecule is COC(=O)c1ccc(N2CCN(Cc3ccccc3)CC2)c(NC(=O)COc2ccc(Cl)c(C)c2)c1. The highest BCUT2D eigenvalue weighted by atomic mass is 35.5. The molecule has 3 aromatic rings. The molecule has 36 heavy (non-hydrogen) atoms. The average Bonchev–Trinajstić information content (AvgIpc) is 2.90. The topological polar surface area (TPSA) is 71.1 Å². The van der Waals surface area contributed by atoms with Crippen molar-refractivity contribution < 1.29 is 19.1 Å². The summed E-state index contributed by atoms with van der Waals surface area (Å²) >= 11 is 6.06. The van der Waals surface area contributed by atoms with Crippen LogP contribution in [-0.2, 0) is 16.1 Å². The maximum atomic E-state index is 12.8. The number of carbonyl (C=O) groups excluding carboxylic acids is 2. The lowest BCUT2D eigenvalue weighted by molar-refractivity contribution is -0.118. The second-order valence-corrected chi connectivity index (χ2v) is 9.13. The molecule has 0 aliphatic carbocycles. The van der Waals surface area contributed by atoms with Crippen LogP contribution in [0.4, 0.5) is 11.4 Å². The van der Waals surface area contributed by atoms with Crippen molar-refractivity contribution in [3.63, 3.8) is 0 Å². The van der Waals surface area contributed by atoms with Gasteiger partial charge in [0, 0.05) is 37.7 Å². The normalized spacial score (nSPS) is 13.8. The van der Waals surface area contributed by atoms with E-state index in [1.807, 2.05) is 19.1 Å². The van der Waals surface area contributed by atoms with Gasteiger partial charge in [0.1, 0.15) is 5.75 Å². The maximum absolute atomic E-state index is 12.8. The first-order chi connectivity index (χ1) is 17.4. The van der Waals surface area contributed by atoms with Gasteiger partial charge in [-0.3, -0.25) is 9.69 Å². The van der Waals surface area contributed by atoms with Crippen molar-refractivity contribution >= 4 is 34.9 Å². The van der Waals surface area contributed by atoms with E-state index in [0.717, 1.165) is 44.0 Å². The number of esters is 1. The predicted octanol–water partition coefficient (Wildman–Crippen LogP) is 4.77.